The molecule has 0 spiro atoms. The normalized spacial score (nSPS) is 15.0. The summed E-state index contributed by atoms with van der Waals surface area (Å²) in [5, 5.41) is 13.5. The monoisotopic (exact) mass is 311 g/mol. The molecular weight excluding hydrogens is 290 g/mol. The van der Waals surface area contributed by atoms with Crippen LogP contribution in [0.3, 0.4) is 0 Å². The summed E-state index contributed by atoms with van der Waals surface area (Å²) >= 11 is 0. The topological polar surface area (TPSA) is 58.6 Å². The van der Waals surface area contributed by atoms with Crippen molar-refractivity contribution in [3.05, 3.63) is 65.2 Å². The zero-order chi connectivity index (χ0) is 16.3. The highest BCUT2D eigenvalue weighted by atomic mass is 16.5. The van der Waals surface area contributed by atoms with Gasteiger partial charge >= 0.3 is 0 Å². The van der Waals surface area contributed by atoms with Crippen molar-refractivity contribution in [2.24, 2.45) is 0 Å². The van der Waals surface area contributed by atoms with Crippen LogP contribution < -0.4 is 10.1 Å². The van der Waals surface area contributed by atoms with Crippen LogP contribution in [-0.4, -0.2) is 29.8 Å². The maximum Gasteiger partial charge on any atom is 0.251 e. The highest BCUT2D eigenvalue weighted by molar-refractivity contribution is 5.94. The van der Waals surface area contributed by atoms with Crippen molar-refractivity contribution in [1.82, 2.24) is 5.32 Å². The molecule has 4 heteroatoms. The minimum absolute atomic E-state index is 0.183. The Hall–Kier alpha value is -2.33. The van der Waals surface area contributed by atoms with Crippen LogP contribution in [0.2, 0.25) is 0 Å². The molecule has 1 aliphatic rings. The van der Waals surface area contributed by atoms with E-state index in [1.807, 2.05) is 31.2 Å². The van der Waals surface area contributed by atoms with Crippen molar-refractivity contribution in [3.63, 3.8) is 0 Å². The number of hydrogen-bond donors (Lipinski definition) is 2. The number of benzene rings is 2. The van der Waals surface area contributed by atoms with Crippen LogP contribution in [0.1, 0.15) is 28.4 Å². The van der Waals surface area contributed by atoms with E-state index in [2.05, 4.69) is 5.32 Å². The van der Waals surface area contributed by atoms with Gasteiger partial charge in [-0.05, 0) is 42.3 Å². The number of carbonyl (C=O) groups is 1. The molecule has 0 radical (unpaired) electrons. The van der Waals surface area contributed by atoms with E-state index >= 15 is 0 Å². The standard InChI is InChI=1S/C19H21NO3/c1-2-23-17-9-7-14(8-10-17)18(21)20-13-19(22)11-15-5-3-4-6-16(15)12-19/h3-10,22H,2,11-13H2,1H3,(H,20,21). The quantitative estimate of drug-likeness (QED) is 0.891. The summed E-state index contributed by atoms with van der Waals surface area (Å²) in [6.07, 6.45) is 1.15. The van der Waals surface area contributed by atoms with Crippen LogP contribution >= 0.6 is 0 Å². The average Bonchev–Trinajstić information content (AvgIpc) is 2.90. The number of ether oxygens (including phenoxy) is 1. The molecule has 1 aliphatic carbocycles. The van der Waals surface area contributed by atoms with E-state index in [9.17, 15) is 9.90 Å². The van der Waals surface area contributed by atoms with Gasteiger partial charge in [0.2, 0.25) is 0 Å². The fraction of sp³-hybridized carbons (Fsp3) is 0.316. The second-order valence-electron chi connectivity index (χ2n) is 5.99. The average molecular weight is 311 g/mol. The second kappa shape index (κ2) is 6.42. The Labute approximate surface area is 136 Å². The van der Waals surface area contributed by atoms with Crippen molar-refractivity contribution in [2.45, 2.75) is 25.4 Å². The molecule has 23 heavy (non-hydrogen) atoms. The van der Waals surface area contributed by atoms with Gasteiger partial charge in [-0.15, -0.1) is 0 Å². The summed E-state index contributed by atoms with van der Waals surface area (Å²) in [5.41, 5.74) is 1.98. The van der Waals surface area contributed by atoms with Gasteiger partial charge in [0.25, 0.3) is 5.91 Å². The molecule has 3 rings (SSSR count). The molecule has 0 aliphatic heterocycles. The van der Waals surface area contributed by atoms with Gasteiger partial charge in [-0.25, -0.2) is 0 Å². The first-order valence-corrected chi connectivity index (χ1v) is 7.90. The zero-order valence-electron chi connectivity index (χ0n) is 13.2. The molecule has 2 N–H and O–H groups in total. The Balaban J connectivity index is 1.59. The van der Waals surface area contributed by atoms with E-state index < -0.39 is 5.60 Å². The highest BCUT2D eigenvalue weighted by Gasteiger charge is 2.35. The van der Waals surface area contributed by atoms with Crippen LogP contribution in [0.15, 0.2) is 48.5 Å². The first-order chi connectivity index (χ1) is 11.1. The fourth-order valence-electron chi connectivity index (χ4n) is 3.01. The van der Waals surface area contributed by atoms with Crippen molar-refractivity contribution < 1.29 is 14.6 Å². The molecular formula is C19H21NO3. The number of rotatable bonds is 5. The third-order valence-corrected chi connectivity index (χ3v) is 4.16. The fourth-order valence-corrected chi connectivity index (χ4v) is 3.01. The lowest BCUT2D eigenvalue weighted by Crippen LogP contribution is -2.43. The molecule has 2 aromatic carbocycles. The summed E-state index contributed by atoms with van der Waals surface area (Å²) in [6, 6.07) is 15.0. The number of nitrogens with one attached hydrogen (secondary N) is 1. The van der Waals surface area contributed by atoms with Crippen molar-refractivity contribution in [3.8, 4) is 5.75 Å². The van der Waals surface area contributed by atoms with E-state index in [1.165, 1.54) is 0 Å². The van der Waals surface area contributed by atoms with Gasteiger partial charge in [-0.1, -0.05) is 24.3 Å². The number of fused-ring (bicyclic) bond motifs is 1. The second-order valence-corrected chi connectivity index (χ2v) is 5.99. The Morgan fingerprint density at radius 1 is 1.13 bits per heavy atom. The molecule has 120 valence electrons. The SMILES string of the molecule is CCOc1ccc(C(=O)NCC2(O)Cc3ccccc3C2)cc1. The third-order valence-electron chi connectivity index (χ3n) is 4.16. The molecule has 0 bridgehead atoms. The van der Waals surface area contributed by atoms with E-state index in [0.29, 0.717) is 25.0 Å². The number of amides is 1. The van der Waals surface area contributed by atoms with Crippen molar-refractivity contribution in [2.75, 3.05) is 13.2 Å². The van der Waals surface area contributed by atoms with Gasteiger partial charge in [-0.3, -0.25) is 4.79 Å². The lowest BCUT2D eigenvalue weighted by atomic mass is 10.0. The minimum Gasteiger partial charge on any atom is -0.494 e. The lowest BCUT2D eigenvalue weighted by molar-refractivity contribution is 0.0480. The number of carbonyl (C=O) groups excluding carboxylic acids is 1. The van der Waals surface area contributed by atoms with Crippen molar-refractivity contribution >= 4 is 5.91 Å². The minimum atomic E-state index is -0.898. The molecule has 0 heterocycles. The maximum absolute atomic E-state index is 12.2. The van der Waals surface area contributed by atoms with Gasteiger partial charge in [0.05, 0.1) is 12.2 Å². The predicted molar refractivity (Wildman–Crippen MR) is 88.7 cm³/mol. The highest BCUT2D eigenvalue weighted by Crippen LogP contribution is 2.29. The molecule has 0 fully saturated rings. The molecule has 4 nitrogen and oxygen atoms in total. The third kappa shape index (κ3) is 3.54. The summed E-state index contributed by atoms with van der Waals surface area (Å²) in [7, 11) is 0. The van der Waals surface area contributed by atoms with Gasteiger partial charge < -0.3 is 15.2 Å². The Bertz CT molecular complexity index is 669. The smallest absolute Gasteiger partial charge is 0.251 e. The Morgan fingerprint density at radius 2 is 1.74 bits per heavy atom. The van der Waals surface area contributed by atoms with Crippen LogP contribution in [-0.2, 0) is 12.8 Å². The summed E-state index contributed by atoms with van der Waals surface area (Å²) < 4.78 is 5.36. The van der Waals surface area contributed by atoms with Crippen LogP contribution in [0.4, 0.5) is 0 Å². The molecule has 1 amide bonds. The van der Waals surface area contributed by atoms with Crippen LogP contribution in [0.5, 0.6) is 5.75 Å². The van der Waals surface area contributed by atoms with Crippen molar-refractivity contribution in [1.29, 1.82) is 0 Å². The number of aliphatic hydroxyl groups is 1. The molecule has 2 aromatic rings. The molecule has 0 unspecified atom stereocenters. The summed E-state index contributed by atoms with van der Waals surface area (Å²) in [5.74, 6) is 0.561. The Morgan fingerprint density at radius 3 is 2.30 bits per heavy atom. The Kier molecular flexibility index (Phi) is 4.35. The van der Waals surface area contributed by atoms with E-state index in [0.717, 1.165) is 16.9 Å². The number of hydrogen-bond acceptors (Lipinski definition) is 3. The summed E-state index contributed by atoms with van der Waals surface area (Å²) in [6.45, 7) is 2.76. The predicted octanol–water partition coefficient (Wildman–Crippen LogP) is 2.34. The van der Waals surface area contributed by atoms with Gasteiger partial charge in [0.1, 0.15) is 5.75 Å². The van der Waals surface area contributed by atoms with E-state index in [4.69, 9.17) is 4.74 Å². The lowest BCUT2D eigenvalue weighted by Gasteiger charge is -2.22. The maximum atomic E-state index is 12.2. The molecule has 0 aromatic heterocycles. The molecule has 0 saturated heterocycles. The molecule has 0 atom stereocenters. The first-order valence-electron chi connectivity index (χ1n) is 7.90. The van der Waals surface area contributed by atoms with E-state index in [-0.39, 0.29) is 12.5 Å². The van der Waals surface area contributed by atoms with E-state index in [1.54, 1.807) is 24.3 Å². The zero-order valence-corrected chi connectivity index (χ0v) is 13.2. The van der Waals surface area contributed by atoms with Crippen LogP contribution in [0.25, 0.3) is 0 Å². The largest absolute Gasteiger partial charge is 0.494 e. The van der Waals surface area contributed by atoms with Gasteiger partial charge in [0.15, 0.2) is 0 Å². The van der Waals surface area contributed by atoms with Crippen LogP contribution in [0, 0.1) is 0 Å². The first kappa shape index (κ1) is 15.6. The van der Waals surface area contributed by atoms with Gasteiger partial charge in [-0.2, -0.15) is 0 Å². The summed E-state index contributed by atoms with van der Waals surface area (Å²) in [4.78, 5) is 12.2. The van der Waals surface area contributed by atoms with Gasteiger partial charge in [0, 0.05) is 24.9 Å². The molecule has 0 saturated carbocycles.